The van der Waals surface area contributed by atoms with Crippen molar-refractivity contribution in [3.05, 3.63) is 48.7 Å². The number of sulfonamides is 1. The molecular formula is C14H12N2O2S. The smallest absolute Gasteiger partial charge is 0.229 e. The van der Waals surface area contributed by atoms with E-state index in [-0.39, 0.29) is 0 Å². The minimum Gasteiger partial charge on any atom is -0.282 e. The molecule has 0 aliphatic carbocycles. The number of aromatic nitrogens is 1. The lowest BCUT2D eigenvalue weighted by Gasteiger charge is -2.09. The van der Waals surface area contributed by atoms with Crippen molar-refractivity contribution in [3.63, 3.8) is 0 Å². The van der Waals surface area contributed by atoms with Crippen molar-refractivity contribution in [2.24, 2.45) is 0 Å². The van der Waals surface area contributed by atoms with Crippen molar-refractivity contribution in [2.75, 3.05) is 11.0 Å². The van der Waals surface area contributed by atoms with Crippen LogP contribution in [0.5, 0.6) is 0 Å². The Morgan fingerprint density at radius 1 is 1.00 bits per heavy atom. The van der Waals surface area contributed by atoms with Crippen LogP contribution in [-0.2, 0) is 10.0 Å². The molecule has 19 heavy (non-hydrogen) atoms. The van der Waals surface area contributed by atoms with E-state index < -0.39 is 10.0 Å². The molecule has 0 radical (unpaired) electrons. The molecule has 1 aromatic heterocycles. The minimum absolute atomic E-state index is 0.505. The van der Waals surface area contributed by atoms with Crippen molar-refractivity contribution in [3.8, 4) is 0 Å². The Morgan fingerprint density at radius 3 is 2.53 bits per heavy atom. The van der Waals surface area contributed by atoms with Gasteiger partial charge < -0.3 is 0 Å². The zero-order valence-corrected chi connectivity index (χ0v) is 11.1. The van der Waals surface area contributed by atoms with Gasteiger partial charge in [0.1, 0.15) is 0 Å². The third kappa shape index (κ3) is 2.24. The molecule has 0 spiro atoms. The molecule has 0 fully saturated rings. The monoisotopic (exact) mass is 272 g/mol. The highest BCUT2D eigenvalue weighted by molar-refractivity contribution is 7.92. The van der Waals surface area contributed by atoms with Gasteiger partial charge in [0, 0.05) is 17.0 Å². The van der Waals surface area contributed by atoms with Crippen LogP contribution in [0.25, 0.3) is 21.7 Å². The topological polar surface area (TPSA) is 59.1 Å². The van der Waals surface area contributed by atoms with Gasteiger partial charge in [0.15, 0.2) is 0 Å². The van der Waals surface area contributed by atoms with Crippen molar-refractivity contribution in [2.45, 2.75) is 0 Å². The van der Waals surface area contributed by atoms with Gasteiger partial charge in [-0.2, -0.15) is 0 Å². The van der Waals surface area contributed by atoms with Gasteiger partial charge in [-0.25, -0.2) is 8.42 Å². The van der Waals surface area contributed by atoms with Crippen LogP contribution >= 0.6 is 0 Å². The van der Waals surface area contributed by atoms with Crippen molar-refractivity contribution in [1.82, 2.24) is 4.98 Å². The van der Waals surface area contributed by atoms with E-state index in [0.29, 0.717) is 11.2 Å². The maximum atomic E-state index is 11.4. The van der Waals surface area contributed by atoms with E-state index >= 15 is 0 Å². The molecule has 0 aliphatic heterocycles. The Bertz CT molecular complexity index is 873. The van der Waals surface area contributed by atoms with Crippen LogP contribution in [0, 0.1) is 0 Å². The van der Waals surface area contributed by atoms with Crippen LogP contribution in [0.2, 0.25) is 0 Å². The molecule has 2 aromatic carbocycles. The summed E-state index contributed by atoms with van der Waals surface area (Å²) in [5, 5.41) is 3.03. The van der Waals surface area contributed by atoms with E-state index in [1.165, 1.54) is 0 Å². The summed E-state index contributed by atoms with van der Waals surface area (Å²) in [6, 6.07) is 13.4. The lowest BCUT2D eigenvalue weighted by molar-refractivity contribution is 0.607. The summed E-state index contributed by atoms with van der Waals surface area (Å²) in [5.41, 5.74) is 1.16. The molecule has 1 heterocycles. The first-order valence-corrected chi connectivity index (χ1v) is 7.68. The van der Waals surface area contributed by atoms with E-state index in [2.05, 4.69) is 9.71 Å². The van der Waals surface area contributed by atoms with Crippen LogP contribution in [0.4, 0.5) is 5.69 Å². The molecule has 1 N–H and O–H groups in total. The highest BCUT2D eigenvalue weighted by Crippen LogP contribution is 2.28. The number of benzene rings is 2. The molecule has 0 bridgehead atoms. The molecule has 96 valence electrons. The lowest BCUT2D eigenvalue weighted by Crippen LogP contribution is -2.10. The molecule has 3 aromatic rings. The molecule has 0 saturated carbocycles. The normalized spacial score (nSPS) is 11.8. The number of anilines is 1. The number of fused-ring (bicyclic) bond motifs is 3. The first-order valence-electron chi connectivity index (χ1n) is 5.79. The average molecular weight is 272 g/mol. The molecule has 0 saturated heterocycles. The van der Waals surface area contributed by atoms with Crippen molar-refractivity contribution in [1.29, 1.82) is 0 Å². The van der Waals surface area contributed by atoms with Gasteiger partial charge >= 0.3 is 0 Å². The summed E-state index contributed by atoms with van der Waals surface area (Å²) >= 11 is 0. The highest BCUT2D eigenvalue weighted by Gasteiger charge is 2.08. The number of nitrogens with one attached hydrogen (secondary N) is 1. The standard InChI is InChI=1S/C14H12N2O2S/c1-19(17,18)16-13-8-4-7-12-11-6-3-2-5-10(11)9-15-14(12)13/h2-9,16H,1H3. The summed E-state index contributed by atoms with van der Waals surface area (Å²) in [7, 11) is -3.31. The zero-order chi connectivity index (χ0) is 13.5. The van der Waals surface area contributed by atoms with Gasteiger partial charge in [0.2, 0.25) is 10.0 Å². The average Bonchev–Trinajstić information content (AvgIpc) is 2.37. The van der Waals surface area contributed by atoms with Gasteiger partial charge in [0.05, 0.1) is 17.5 Å². The molecule has 5 heteroatoms. The van der Waals surface area contributed by atoms with Crippen molar-refractivity contribution < 1.29 is 8.42 Å². The molecular weight excluding hydrogens is 260 g/mol. The van der Waals surface area contributed by atoms with Gasteiger partial charge in [0.25, 0.3) is 0 Å². The third-order valence-corrected chi connectivity index (χ3v) is 3.51. The van der Waals surface area contributed by atoms with Crippen LogP contribution in [0.3, 0.4) is 0 Å². The van der Waals surface area contributed by atoms with Crippen LogP contribution < -0.4 is 4.72 Å². The third-order valence-electron chi connectivity index (χ3n) is 2.92. The van der Waals surface area contributed by atoms with Crippen LogP contribution in [-0.4, -0.2) is 19.7 Å². The van der Waals surface area contributed by atoms with Gasteiger partial charge in [-0.05, 0) is 11.5 Å². The molecule has 0 amide bonds. The number of hydrogen-bond acceptors (Lipinski definition) is 3. The van der Waals surface area contributed by atoms with Gasteiger partial charge in [-0.15, -0.1) is 0 Å². The Labute approximate surface area is 111 Å². The maximum Gasteiger partial charge on any atom is 0.229 e. The number of rotatable bonds is 2. The van der Waals surface area contributed by atoms with Gasteiger partial charge in [-0.1, -0.05) is 36.4 Å². The van der Waals surface area contributed by atoms with Crippen molar-refractivity contribution >= 4 is 37.4 Å². The van der Waals surface area contributed by atoms with E-state index in [1.807, 2.05) is 36.4 Å². The number of hydrogen-bond donors (Lipinski definition) is 1. The quantitative estimate of drug-likeness (QED) is 0.730. The van der Waals surface area contributed by atoms with E-state index in [4.69, 9.17) is 0 Å². The first kappa shape index (κ1) is 11.9. The molecule has 0 atom stereocenters. The minimum atomic E-state index is -3.31. The fourth-order valence-corrected chi connectivity index (χ4v) is 2.74. The summed E-state index contributed by atoms with van der Waals surface area (Å²) in [6.45, 7) is 0. The number of nitrogens with zero attached hydrogens (tertiary/aromatic N) is 1. The Kier molecular flexibility index (Phi) is 2.64. The first-order chi connectivity index (χ1) is 9.04. The second kappa shape index (κ2) is 4.20. The lowest BCUT2D eigenvalue weighted by atomic mass is 10.1. The predicted octanol–water partition coefficient (Wildman–Crippen LogP) is 2.76. The largest absolute Gasteiger partial charge is 0.282 e. The van der Waals surface area contributed by atoms with Crippen LogP contribution in [0.1, 0.15) is 0 Å². The molecule has 3 rings (SSSR count). The summed E-state index contributed by atoms with van der Waals surface area (Å²) < 4.78 is 25.2. The molecule has 0 unspecified atom stereocenters. The second-order valence-corrected chi connectivity index (χ2v) is 6.17. The number of pyridine rings is 1. The second-order valence-electron chi connectivity index (χ2n) is 4.42. The molecule has 0 aliphatic rings. The summed E-state index contributed by atoms with van der Waals surface area (Å²) in [5.74, 6) is 0. The fourth-order valence-electron chi connectivity index (χ4n) is 2.17. The predicted molar refractivity (Wildman–Crippen MR) is 77.7 cm³/mol. The summed E-state index contributed by atoms with van der Waals surface area (Å²) in [4.78, 5) is 4.37. The Morgan fingerprint density at radius 2 is 1.74 bits per heavy atom. The van der Waals surface area contributed by atoms with E-state index in [9.17, 15) is 8.42 Å². The summed E-state index contributed by atoms with van der Waals surface area (Å²) in [6.07, 6.45) is 2.89. The Hall–Kier alpha value is -2.14. The Balaban J connectivity index is 2.35. The number of para-hydroxylation sites is 1. The van der Waals surface area contributed by atoms with Gasteiger partial charge in [-0.3, -0.25) is 9.71 Å². The maximum absolute atomic E-state index is 11.4. The van der Waals surface area contributed by atoms with E-state index in [1.54, 1.807) is 12.3 Å². The highest BCUT2D eigenvalue weighted by atomic mass is 32.2. The SMILES string of the molecule is CS(=O)(=O)Nc1cccc2c1ncc1ccccc12. The fraction of sp³-hybridized carbons (Fsp3) is 0.0714. The zero-order valence-electron chi connectivity index (χ0n) is 10.3. The van der Waals surface area contributed by atoms with Crippen LogP contribution in [0.15, 0.2) is 48.7 Å². The molecule has 4 nitrogen and oxygen atoms in total. The van der Waals surface area contributed by atoms with E-state index in [0.717, 1.165) is 22.4 Å².